The van der Waals surface area contributed by atoms with Crippen LogP contribution < -0.4 is 15.2 Å². The van der Waals surface area contributed by atoms with Crippen LogP contribution in [0.15, 0.2) is 12.1 Å². The van der Waals surface area contributed by atoms with Crippen LogP contribution >= 0.6 is 0 Å². The zero-order valence-electron chi connectivity index (χ0n) is 11.5. The fourth-order valence-electron chi connectivity index (χ4n) is 1.69. The van der Waals surface area contributed by atoms with Crippen LogP contribution in [0, 0.1) is 5.82 Å². The Morgan fingerprint density at radius 1 is 1.20 bits per heavy atom. The predicted octanol–water partition coefficient (Wildman–Crippen LogP) is 2.73. The smallest absolute Gasteiger partial charge is 0.387 e. The molecule has 0 unspecified atom stereocenters. The van der Waals surface area contributed by atoms with E-state index in [-0.39, 0.29) is 11.4 Å². The van der Waals surface area contributed by atoms with Crippen molar-refractivity contribution in [1.82, 2.24) is 4.90 Å². The number of benzene rings is 1. The lowest BCUT2D eigenvalue weighted by atomic mass is 10.2. The first kappa shape index (κ1) is 16.4. The van der Waals surface area contributed by atoms with E-state index in [1.165, 1.54) is 0 Å². The van der Waals surface area contributed by atoms with E-state index < -0.39 is 18.2 Å². The van der Waals surface area contributed by atoms with Gasteiger partial charge in [0, 0.05) is 18.7 Å². The lowest BCUT2D eigenvalue weighted by Gasteiger charge is -2.18. The summed E-state index contributed by atoms with van der Waals surface area (Å²) in [7, 11) is 0. The molecule has 0 heterocycles. The number of ether oxygens (including phenoxy) is 2. The Bertz CT molecular complexity index is 426. The molecule has 0 aliphatic rings. The fraction of sp³-hybridized carbons (Fsp3) is 0.538. The number of hydrogen-bond acceptors (Lipinski definition) is 4. The summed E-state index contributed by atoms with van der Waals surface area (Å²) in [4.78, 5) is 2.12. The number of anilines is 1. The largest absolute Gasteiger partial charge is 0.490 e. The molecule has 0 atom stereocenters. The van der Waals surface area contributed by atoms with E-state index in [0.717, 1.165) is 25.2 Å². The van der Waals surface area contributed by atoms with Crippen molar-refractivity contribution in [2.45, 2.75) is 20.5 Å². The van der Waals surface area contributed by atoms with Crippen molar-refractivity contribution in [3.63, 3.8) is 0 Å². The third kappa shape index (κ3) is 4.80. The first-order valence-corrected chi connectivity index (χ1v) is 6.36. The average Bonchev–Trinajstić information content (AvgIpc) is 2.39. The van der Waals surface area contributed by atoms with E-state index in [4.69, 9.17) is 10.5 Å². The molecule has 20 heavy (non-hydrogen) atoms. The summed E-state index contributed by atoms with van der Waals surface area (Å²) >= 11 is 0. The molecule has 4 nitrogen and oxygen atoms in total. The average molecular weight is 292 g/mol. The third-order valence-electron chi connectivity index (χ3n) is 2.84. The van der Waals surface area contributed by atoms with Gasteiger partial charge < -0.3 is 20.1 Å². The third-order valence-corrected chi connectivity index (χ3v) is 2.84. The molecule has 2 N–H and O–H groups in total. The quantitative estimate of drug-likeness (QED) is 0.748. The van der Waals surface area contributed by atoms with Crippen molar-refractivity contribution in [3.8, 4) is 11.5 Å². The standard InChI is InChI=1S/C13H19F3N2O2/c1-3-18(4-2)5-6-19-12-8-11(20-13(15)16)9(14)7-10(12)17/h7-8,13H,3-6,17H2,1-2H3. The van der Waals surface area contributed by atoms with Crippen LogP contribution in [0.5, 0.6) is 11.5 Å². The lowest BCUT2D eigenvalue weighted by Crippen LogP contribution is -2.28. The summed E-state index contributed by atoms with van der Waals surface area (Å²) in [6, 6.07) is 1.95. The molecule has 7 heteroatoms. The summed E-state index contributed by atoms with van der Waals surface area (Å²) < 4.78 is 47.0. The molecule has 1 aromatic carbocycles. The topological polar surface area (TPSA) is 47.7 Å². The molecule has 0 saturated carbocycles. The van der Waals surface area contributed by atoms with Crippen LogP contribution in [0.2, 0.25) is 0 Å². The predicted molar refractivity (Wildman–Crippen MR) is 70.7 cm³/mol. The number of nitrogens with zero attached hydrogens (tertiary/aromatic N) is 1. The Morgan fingerprint density at radius 3 is 2.40 bits per heavy atom. The molecular formula is C13H19F3N2O2. The van der Waals surface area contributed by atoms with Gasteiger partial charge in [0.05, 0.1) is 5.69 Å². The molecular weight excluding hydrogens is 273 g/mol. The van der Waals surface area contributed by atoms with E-state index in [2.05, 4.69) is 9.64 Å². The van der Waals surface area contributed by atoms with E-state index in [1.807, 2.05) is 13.8 Å². The maximum atomic E-state index is 13.3. The minimum absolute atomic E-state index is 0.0451. The maximum absolute atomic E-state index is 13.3. The van der Waals surface area contributed by atoms with Crippen LogP contribution in [0.3, 0.4) is 0 Å². The van der Waals surface area contributed by atoms with Gasteiger partial charge in [0.1, 0.15) is 12.4 Å². The van der Waals surface area contributed by atoms with Crippen molar-refractivity contribution in [2.24, 2.45) is 0 Å². The van der Waals surface area contributed by atoms with Crippen molar-refractivity contribution in [2.75, 3.05) is 32.0 Å². The Kier molecular flexibility index (Phi) is 6.44. The first-order chi connectivity index (χ1) is 9.47. The highest BCUT2D eigenvalue weighted by molar-refractivity contribution is 5.56. The number of likely N-dealkylation sites (N-methyl/N-ethyl adjacent to an activating group) is 1. The van der Waals surface area contributed by atoms with Crippen molar-refractivity contribution in [3.05, 3.63) is 17.9 Å². The molecule has 0 spiro atoms. The van der Waals surface area contributed by atoms with E-state index in [0.29, 0.717) is 13.2 Å². The van der Waals surface area contributed by atoms with E-state index >= 15 is 0 Å². The highest BCUT2D eigenvalue weighted by Crippen LogP contribution is 2.31. The molecule has 0 aliphatic carbocycles. The molecule has 0 fully saturated rings. The van der Waals surface area contributed by atoms with Crippen LogP contribution in [0.1, 0.15) is 13.8 Å². The highest BCUT2D eigenvalue weighted by atomic mass is 19.3. The van der Waals surface area contributed by atoms with Gasteiger partial charge in [-0.3, -0.25) is 0 Å². The van der Waals surface area contributed by atoms with Gasteiger partial charge in [-0.2, -0.15) is 8.78 Å². The number of rotatable bonds is 8. The van der Waals surface area contributed by atoms with Gasteiger partial charge in [0.2, 0.25) is 0 Å². The molecule has 0 aromatic heterocycles. The number of nitrogens with two attached hydrogens (primary N) is 1. The molecule has 0 radical (unpaired) electrons. The van der Waals surface area contributed by atoms with Crippen molar-refractivity contribution in [1.29, 1.82) is 0 Å². The van der Waals surface area contributed by atoms with Crippen molar-refractivity contribution < 1.29 is 22.6 Å². The second-order valence-electron chi connectivity index (χ2n) is 4.07. The molecule has 0 aliphatic heterocycles. The Labute approximate surface area is 116 Å². The molecule has 0 amide bonds. The van der Waals surface area contributed by atoms with Crippen LogP contribution in [-0.2, 0) is 0 Å². The van der Waals surface area contributed by atoms with Crippen LogP contribution in [-0.4, -0.2) is 37.8 Å². The summed E-state index contributed by atoms with van der Waals surface area (Å²) in [6.45, 7) is 3.67. The van der Waals surface area contributed by atoms with Gasteiger partial charge >= 0.3 is 6.61 Å². The van der Waals surface area contributed by atoms with E-state index in [9.17, 15) is 13.2 Å². The fourth-order valence-corrected chi connectivity index (χ4v) is 1.69. The molecule has 0 saturated heterocycles. The zero-order chi connectivity index (χ0) is 15.1. The molecule has 0 bridgehead atoms. The summed E-state index contributed by atoms with van der Waals surface area (Å²) in [5, 5.41) is 0. The van der Waals surface area contributed by atoms with Gasteiger partial charge in [0.15, 0.2) is 11.6 Å². The lowest BCUT2D eigenvalue weighted by molar-refractivity contribution is -0.0522. The molecule has 1 rings (SSSR count). The van der Waals surface area contributed by atoms with Crippen LogP contribution in [0.25, 0.3) is 0 Å². The SMILES string of the molecule is CCN(CC)CCOc1cc(OC(F)F)c(F)cc1N. The second kappa shape index (κ2) is 7.84. The van der Waals surface area contributed by atoms with E-state index in [1.54, 1.807) is 0 Å². The number of nitrogen functional groups attached to an aromatic ring is 1. The minimum atomic E-state index is -3.10. The normalized spacial score (nSPS) is 11.2. The highest BCUT2D eigenvalue weighted by Gasteiger charge is 2.14. The summed E-state index contributed by atoms with van der Waals surface area (Å²) in [5.41, 5.74) is 5.63. The minimum Gasteiger partial charge on any atom is -0.490 e. The number of halogens is 3. The zero-order valence-corrected chi connectivity index (χ0v) is 11.5. The van der Waals surface area contributed by atoms with Gasteiger partial charge in [-0.05, 0) is 13.1 Å². The Hall–Kier alpha value is -1.63. The van der Waals surface area contributed by atoms with Gasteiger partial charge in [0.25, 0.3) is 0 Å². The maximum Gasteiger partial charge on any atom is 0.387 e. The van der Waals surface area contributed by atoms with Gasteiger partial charge in [-0.1, -0.05) is 13.8 Å². The molecule has 1 aromatic rings. The summed E-state index contributed by atoms with van der Waals surface area (Å²) in [5.74, 6) is -1.39. The Balaban J connectivity index is 2.69. The van der Waals surface area contributed by atoms with Gasteiger partial charge in [-0.25, -0.2) is 4.39 Å². The second-order valence-corrected chi connectivity index (χ2v) is 4.07. The number of hydrogen-bond donors (Lipinski definition) is 1. The molecule has 114 valence electrons. The number of alkyl halides is 2. The Morgan fingerprint density at radius 2 is 1.85 bits per heavy atom. The monoisotopic (exact) mass is 292 g/mol. The summed E-state index contributed by atoms with van der Waals surface area (Å²) in [6.07, 6.45) is 0. The van der Waals surface area contributed by atoms with Gasteiger partial charge in [-0.15, -0.1) is 0 Å². The first-order valence-electron chi connectivity index (χ1n) is 6.36. The van der Waals surface area contributed by atoms with Crippen LogP contribution in [0.4, 0.5) is 18.9 Å². The van der Waals surface area contributed by atoms with Crippen molar-refractivity contribution >= 4 is 5.69 Å².